The van der Waals surface area contributed by atoms with E-state index in [1.54, 1.807) is 22.8 Å². The van der Waals surface area contributed by atoms with Crippen LogP contribution in [0.4, 0.5) is 0 Å². The molecule has 1 N–H and O–H groups in total. The first-order valence-corrected chi connectivity index (χ1v) is 9.37. The zero-order chi connectivity index (χ0) is 13.2. The molecule has 1 atom stereocenters. The minimum atomic E-state index is -3.46. The SMILES string of the molecule is CCC(NS(=O)(=O)c1sccc1Br)c1cccs1. The van der Waals surface area contributed by atoms with Crippen molar-refractivity contribution in [1.82, 2.24) is 4.72 Å². The van der Waals surface area contributed by atoms with Crippen LogP contribution in [-0.4, -0.2) is 8.42 Å². The molecule has 98 valence electrons. The summed E-state index contributed by atoms with van der Waals surface area (Å²) in [6, 6.07) is 5.46. The molecular weight excluding hydrogens is 354 g/mol. The van der Waals surface area contributed by atoms with Crippen molar-refractivity contribution in [3.05, 3.63) is 38.3 Å². The molecule has 0 aliphatic heterocycles. The Morgan fingerprint density at radius 2 is 2.11 bits per heavy atom. The van der Waals surface area contributed by atoms with Crippen molar-refractivity contribution in [1.29, 1.82) is 0 Å². The number of thiophene rings is 2. The van der Waals surface area contributed by atoms with Crippen LogP contribution in [0.25, 0.3) is 0 Å². The molecule has 3 nitrogen and oxygen atoms in total. The Morgan fingerprint density at radius 1 is 1.33 bits per heavy atom. The molecule has 2 rings (SSSR count). The third kappa shape index (κ3) is 3.03. The largest absolute Gasteiger partial charge is 0.251 e. The van der Waals surface area contributed by atoms with Gasteiger partial charge in [0.15, 0.2) is 0 Å². The zero-order valence-electron chi connectivity index (χ0n) is 9.59. The van der Waals surface area contributed by atoms with Gasteiger partial charge in [-0.05, 0) is 45.2 Å². The minimum absolute atomic E-state index is 0.163. The monoisotopic (exact) mass is 365 g/mol. The van der Waals surface area contributed by atoms with Crippen LogP contribution in [0.2, 0.25) is 0 Å². The Kier molecular flexibility index (Phi) is 4.60. The first kappa shape index (κ1) is 14.2. The summed E-state index contributed by atoms with van der Waals surface area (Å²) >= 11 is 6.03. The molecule has 7 heteroatoms. The molecule has 0 saturated carbocycles. The molecule has 0 spiro atoms. The van der Waals surface area contributed by atoms with Crippen LogP contribution >= 0.6 is 38.6 Å². The van der Waals surface area contributed by atoms with Gasteiger partial charge < -0.3 is 0 Å². The number of hydrogen-bond donors (Lipinski definition) is 1. The maximum atomic E-state index is 12.3. The van der Waals surface area contributed by atoms with E-state index in [1.807, 2.05) is 24.4 Å². The fourth-order valence-electron chi connectivity index (χ4n) is 1.54. The fourth-order valence-corrected chi connectivity index (χ4v) is 6.13. The van der Waals surface area contributed by atoms with Gasteiger partial charge >= 0.3 is 0 Å². The molecule has 0 aliphatic carbocycles. The van der Waals surface area contributed by atoms with Gasteiger partial charge in [-0.3, -0.25) is 0 Å². The Balaban J connectivity index is 2.25. The van der Waals surface area contributed by atoms with Crippen LogP contribution < -0.4 is 4.72 Å². The third-order valence-corrected chi connectivity index (χ3v) is 7.55. The average Bonchev–Trinajstić information content (AvgIpc) is 2.96. The van der Waals surface area contributed by atoms with Gasteiger partial charge in [-0.25, -0.2) is 13.1 Å². The Morgan fingerprint density at radius 3 is 2.61 bits per heavy atom. The van der Waals surface area contributed by atoms with Crippen LogP contribution in [0.1, 0.15) is 24.3 Å². The maximum Gasteiger partial charge on any atom is 0.251 e. The van der Waals surface area contributed by atoms with Gasteiger partial charge in [-0.2, -0.15) is 0 Å². The number of halogens is 1. The smallest absolute Gasteiger partial charge is 0.206 e. The van der Waals surface area contributed by atoms with Crippen LogP contribution in [-0.2, 0) is 10.0 Å². The lowest BCUT2D eigenvalue weighted by Gasteiger charge is -2.15. The van der Waals surface area contributed by atoms with Crippen molar-refractivity contribution in [2.45, 2.75) is 23.6 Å². The van der Waals surface area contributed by atoms with Gasteiger partial charge in [-0.1, -0.05) is 13.0 Å². The van der Waals surface area contributed by atoms with Gasteiger partial charge in [0.2, 0.25) is 0 Å². The maximum absolute atomic E-state index is 12.3. The van der Waals surface area contributed by atoms with Crippen molar-refractivity contribution < 1.29 is 8.42 Å². The molecule has 2 aromatic heterocycles. The Labute approximate surface area is 123 Å². The quantitative estimate of drug-likeness (QED) is 0.869. The van der Waals surface area contributed by atoms with Gasteiger partial charge in [0.05, 0.1) is 6.04 Å². The van der Waals surface area contributed by atoms with Crippen molar-refractivity contribution >= 4 is 48.6 Å². The van der Waals surface area contributed by atoms with E-state index in [0.29, 0.717) is 8.68 Å². The van der Waals surface area contributed by atoms with E-state index in [9.17, 15) is 8.42 Å². The van der Waals surface area contributed by atoms with E-state index >= 15 is 0 Å². The van der Waals surface area contributed by atoms with E-state index in [-0.39, 0.29) is 6.04 Å². The molecular formula is C11H12BrNO2S3. The second kappa shape index (κ2) is 5.83. The van der Waals surface area contributed by atoms with Crippen LogP contribution in [0.3, 0.4) is 0 Å². The lowest BCUT2D eigenvalue weighted by Crippen LogP contribution is -2.27. The molecule has 2 aromatic rings. The van der Waals surface area contributed by atoms with Gasteiger partial charge in [0, 0.05) is 9.35 Å². The molecule has 2 heterocycles. The topological polar surface area (TPSA) is 46.2 Å². The standard InChI is InChI=1S/C11H12BrNO2S3/c1-2-9(10-4-3-6-16-10)13-18(14,15)11-8(12)5-7-17-11/h3-7,9,13H,2H2,1H3. The highest BCUT2D eigenvalue weighted by atomic mass is 79.9. The first-order chi connectivity index (χ1) is 8.54. The van der Waals surface area contributed by atoms with E-state index in [0.717, 1.165) is 11.3 Å². The molecule has 0 fully saturated rings. The highest BCUT2D eigenvalue weighted by Crippen LogP contribution is 2.30. The predicted molar refractivity (Wildman–Crippen MR) is 79.7 cm³/mol. The predicted octanol–water partition coefficient (Wildman–Crippen LogP) is 4.00. The molecule has 0 aliphatic rings. The lowest BCUT2D eigenvalue weighted by molar-refractivity contribution is 0.555. The van der Waals surface area contributed by atoms with Crippen LogP contribution in [0.5, 0.6) is 0 Å². The molecule has 0 bridgehead atoms. The summed E-state index contributed by atoms with van der Waals surface area (Å²) in [5, 5.41) is 3.71. The number of rotatable bonds is 5. The fraction of sp³-hybridized carbons (Fsp3) is 0.273. The lowest BCUT2D eigenvalue weighted by atomic mass is 10.2. The molecule has 0 saturated heterocycles. The van der Waals surface area contributed by atoms with Crippen LogP contribution in [0, 0.1) is 0 Å². The van der Waals surface area contributed by atoms with Gasteiger partial charge in [0.25, 0.3) is 10.0 Å². The van der Waals surface area contributed by atoms with Gasteiger partial charge in [-0.15, -0.1) is 22.7 Å². The number of nitrogens with one attached hydrogen (secondary N) is 1. The third-order valence-electron chi connectivity index (χ3n) is 2.42. The van der Waals surface area contributed by atoms with Crippen LogP contribution in [0.15, 0.2) is 37.6 Å². The summed E-state index contributed by atoms with van der Waals surface area (Å²) in [7, 11) is -3.46. The van der Waals surface area contributed by atoms with E-state index in [4.69, 9.17) is 0 Å². The van der Waals surface area contributed by atoms with Crippen molar-refractivity contribution in [2.75, 3.05) is 0 Å². The van der Waals surface area contributed by atoms with E-state index in [2.05, 4.69) is 20.7 Å². The molecule has 0 radical (unpaired) electrons. The average molecular weight is 366 g/mol. The molecule has 18 heavy (non-hydrogen) atoms. The second-order valence-electron chi connectivity index (χ2n) is 3.65. The summed E-state index contributed by atoms with van der Waals surface area (Å²) in [6.45, 7) is 1.97. The summed E-state index contributed by atoms with van der Waals surface area (Å²) in [4.78, 5) is 1.04. The zero-order valence-corrected chi connectivity index (χ0v) is 13.6. The van der Waals surface area contributed by atoms with E-state index < -0.39 is 10.0 Å². The van der Waals surface area contributed by atoms with Crippen molar-refractivity contribution in [2.24, 2.45) is 0 Å². The van der Waals surface area contributed by atoms with Crippen molar-refractivity contribution in [3.63, 3.8) is 0 Å². The van der Waals surface area contributed by atoms with Crippen molar-refractivity contribution in [3.8, 4) is 0 Å². The van der Waals surface area contributed by atoms with Gasteiger partial charge in [0.1, 0.15) is 4.21 Å². The minimum Gasteiger partial charge on any atom is -0.206 e. The first-order valence-electron chi connectivity index (χ1n) is 5.33. The summed E-state index contributed by atoms with van der Waals surface area (Å²) in [5.74, 6) is 0. The highest BCUT2D eigenvalue weighted by Gasteiger charge is 2.23. The summed E-state index contributed by atoms with van der Waals surface area (Å²) < 4.78 is 28.2. The second-order valence-corrected chi connectivity index (χ2v) is 8.31. The summed E-state index contributed by atoms with van der Waals surface area (Å²) in [5.41, 5.74) is 0. The highest BCUT2D eigenvalue weighted by molar-refractivity contribution is 9.10. The summed E-state index contributed by atoms with van der Waals surface area (Å²) in [6.07, 6.45) is 0.725. The number of hydrogen-bond acceptors (Lipinski definition) is 4. The van der Waals surface area contributed by atoms with E-state index in [1.165, 1.54) is 11.3 Å². The Hall–Kier alpha value is -0.210. The molecule has 0 amide bonds. The normalized spacial score (nSPS) is 13.7. The molecule has 1 unspecified atom stereocenters. The number of sulfonamides is 1. The Bertz CT molecular complexity index is 604. The molecule has 0 aromatic carbocycles.